The molecule has 1 amide bonds. The molecule has 31 heavy (non-hydrogen) atoms. The molecule has 3 aromatic rings. The molecule has 0 unspecified atom stereocenters. The second-order valence-electron chi connectivity index (χ2n) is 8.91. The van der Waals surface area contributed by atoms with E-state index in [1.807, 2.05) is 6.07 Å². The lowest BCUT2D eigenvalue weighted by Gasteiger charge is -2.52. The minimum absolute atomic E-state index is 0.0135. The number of amides is 1. The van der Waals surface area contributed by atoms with Crippen LogP contribution in [0.4, 0.5) is 14.5 Å². The molecular weight excluding hydrogens is 418 g/mol. The first-order chi connectivity index (χ1) is 14.9. The number of hydrogen-bond acceptors (Lipinski definition) is 2. The SMILES string of the molecule is O=C(Nc1ccc(Cl)c(F)c1)[C@H]1CC[C@]12CC[C@H](c1ccnc3ccc(F)cc31)CC2. The molecule has 2 fully saturated rings. The number of nitrogens with zero attached hydrogens (tertiary/aromatic N) is 1. The summed E-state index contributed by atoms with van der Waals surface area (Å²) in [5.74, 6) is -0.540. The number of carbonyl (C=O) groups is 1. The van der Waals surface area contributed by atoms with Crippen molar-refractivity contribution in [3.05, 3.63) is 70.9 Å². The smallest absolute Gasteiger partial charge is 0.228 e. The van der Waals surface area contributed by atoms with Crippen LogP contribution in [0.25, 0.3) is 10.9 Å². The predicted octanol–water partition coefficient (Wildman–Crippen LogP) is 6.86. The third-order valence-corrected chi connectivity index (χ3v) is 7.64. The van der Waals surface area contributed by atoms with Crippen LogP contribution in [-0.4, -0.2) is 10.9 Å². The second-order valence-corrected chi connectivity index (χ2v) is 9.31. The van der Waals surface area contributed by atoms with Crippen LogP contribution in [0.3, 0.4) is 0 Å². The minimum atomic E-state index is -0.538. The summed E-state index contributed by atoms with van der Waals surface area (Å²) in [6.07, 6.45) is 7.55. The second kappa shape index (κ2) is 7.86. The van der Waals surface area contributed by atoms with Gasteiger partial charge in [0.15, 0.2) is 0 Å². The van der Waals surface area contributed by atoms with Crippen LogP contribution in [0.1, 0.15) is 50.0 Å². The van der Waals surface area contributed by atoms with Gasteiger partial charge in [0.2, 0.25) is 5.91 Å². The van der Waals surface area contributed by atoms with Gasteiger partial charge in [-0.25, -0.2) is 8.78 Å². The molecule has 1 N–H and O–H groups in total. The first-order valence-electron chi connectivity index (χ1n) is 10.8. The maximum absolute atomic E-state index is 13.8. The van der Waals surface area contributed by atoms with Crippen LogP contribution < -0.4 is 5.32 Å². The van der Waals surface area contributed by atoms with Gasteiger partial charge in [-0.05, 0) is 97.9 Å². The highest BCUT2D eigenvalue weighted by molar-refractivity contribution is 6.30. The molecule has 1 aromatic heterocycles. The Labute approximate surface area is 184 Å². The average molecular weight is 441 g/mol. The minimum Gasteiger partial charge on any atom is -0.326 e. The Balaban J connectivity index is 1.29. The van der Waals surface area contributed by atoms with Gasteiger partial charge in [0.25, 0.3) is 0 Å². The van der Waals surface area contributed by atoms with Gasteiger partial charge in [0, 0.05) is 23.2 Å². The van der Waals surface area contributed by atoms with E-state index >= 15 is 0 Å². The summed E-state index contributed by atoms with van der Waals surface area (Å²) in [6.45, 7) is 0. The largest absolute Gasteiger partial charge is 0.326 e. The maximum atomic E-state index is 13.8. The summed E-state index contributed by atoms with van der Waals surface area (Å²) >= 11 is 5.73. The monoisotopic (exact) mass is 440 g/mol. The molecule has 0 radical (unpaired) electrons. The molecule has 160 valence electrons. The van der Waals surface area contributed by atoms with Crippen LogP contribution in [-0.2, 0) is 4.79 Å². The third-order valence-electron chi connectivity index (χ3n) is 7.33. The lowest BCUT2D eigenvalue weighted by atomic mass is 9.52. The van der Waals surface area contributed by atoms with Gasteiger partial charge < -0.3 is 5.32 Å². The number of carbonyl (C=O) groups excluding carboxylic acids is 1. The number of benzene rings is 2. The molecule has 6 heteroatoms. The average Bonchev–Trinajstić information content (AvgIpc) is 2.75. The highest BCUT2D eigenvalue weighted by atomic mass is 35.5. The Morgan fingerprint density at radius 1 is 1.03 bits per heavy atom. The van der Waals surface area contributed by atoms with E-state index in [9.17, 15) is 13.6 Å². The third kappa shape index (κ3) is 3.69. The Morgan fingerprint density at radius 2 is 1.81 bits per heavy atom. The molecular formula is C25H23ClF2N2O. The molecule has 1 spiro atoms. The van der Waals surface area contributed by atoms with Crippen molar-refractivity contribution in [1.29, 1.82) is 0 Å². The summed E-state index contributed by atoms with van der Waals surface area (Å²) < 4.78 is 27.5. The van der Waals surface area contributed by atoms with Gasteiger partial charge in [0.1, 0.15) is 11.6 Å². The van der Waals surface area contributed by atoms with Crippen LogP contribution in [0, 0.1) is 23.0 Å². The maximum Gasteiger partial charge on any atom is 0.228 e. The zero-order valence-corrected chi connectivity index (χ0v) is 17.8. The lowest BCUT2D eigenvalue weighted by molar-refractivity contribution is -0.133. The Kier molecular flexibility index (Phi) is 5.17. The molecule has 3 nitrogen and oxygen atoms in total. The molecule has 5 rings (SSSR count). The topological polar surface area (TPSA) is 42.0 Å². The van der Waals surface area contributed by atoms with Crippen molar-refractivity contribution < 1.29 is 13.6 Å². The quantitative estimate of drug-likeness (QED) is 0.483. The first kappa shape index (κ1) is 20.4. The van der Waals surface area contributed by atoms with Gasteiger partial charge in [-0.3, -0.25) is 9.78 Å². The van der Waals surface area contributed by atoms with E-state index in [0.717, 1.165) is 55.0 Å². The summed E-state index contributed by atoms with van der Waals surface area (Å²) in [5.41, 5.74) is 2.42. The van der Waals surface area contributed by atoms with E-state index in [4.69, 9.17) is 11.6 Å². The van der Waals surface area contributed by atoms with E-state index in [2.05, 4.69) is 10.3 Å². The molecule has 0 bridgehead atoms. The molecule has 2 aromatic carbocycles. The summed E-state index contributed by atoms with van der Waals surface area (Å²) in [6, 6.07) is 11.1. The molecule has 2 aliphatic rings. The first-order valence-corrected chi connectivity index (χ1v) is 11.1. The van der Waals surface area contributed by atoms with E-state index in [0.29, 0.717) is 11.6 Å². The molecule has 2 aliphatic carbocycles. The standard InChI is InChI=1S/C25H23ClF2N2O/c26-21-3-2-17(14-22(21)28)30-24(31)20-7-11-25(20)9-5-15(6-10-25)18-8-12-29-23-4-1-16(27)13-19(18)23/h1-4,8,12-15,20H,5-7,9-11H2,(H,30,31)/t15-,20-,25+/m1/s1. The number of fused-ring (bicyclic) bond motifs is 1. The van der Waals surface area contributed by atoms with Crippen LogP contribution in [0.5, 0.6) is 0 Å². The molecule has 2 saturated carbocycles. The van der Waals surface area contributed by atoms with Crippen LogP contribution in [0.15, 0.2) is 48.7 Å². The van der Waals surface area contributed by atoms with Crippen molar-refractivity contribution in [2.45, 2.75) is 44.4 Å². The number of aromatic nitrogens is 1. The van der Waals surface area contributed by atoms with E-state index in [-0.39, 0.29) is 28.1 Å². The van der Waals surface area contributed by atoms with Crippen molar-refractivity contribution in [1.82, 2.24) is 4.98 Å². The highest BCUT2D eigenvalue weighted by Crippen LogP contribution is 2.58. The van der Waals surface area contributed by atoms with Gasteiger partial charge in [-0.15, -0.1) is 0 Å². The number of rotatable bonds is 3. The van der Waals surface area contributed by atoms with Crippen molar-refractivity contribution >= 4 is 34.1 Å². The van der Waals surface area contributed by atoms with E-state index in [1.54, 1.807) is 24.4 Å². The number of anilines is 1. The Morgan fingerprint density at radius 3 is 2.52 bits per heavy atom. The normalized spacial score (nSPS) is 25.4. The number of halogens is 3. The summed E-state index contributed by atoms with van der Waals surface area (Å²) in [7, 11) is 0. The van der Waals surface area contributed by atoms with Gasteiger partial charge >= 0.3 is 0 Å². The molecule has 0 aliphatic heterocycles. The van der Waals surface area contributed by atoms with Gasteiger partial charge in [-0.2, -0.15) is 0 Å². The van der Waals surface area contributed by atoms with Crippen molar-refractivity contribution in [2.75, 3.05) is 5.32 Å². The van der Waals surface area contributed by atoms with Crippen molar-refractivity contribution in [2.24, 2.45) is 11.3 Å². The van der Waals surface area contributed by atoms with Gasteiger partial charge in [0.05, 0.1) is 10.5 Å². The Hall–Kier alpha value is -2.53. The fraction of sp³-hybridized carbons (Fsp3) is 0.360. The lowest BCUT2D eigenvalue weighted by Crippen LogP contribution is -2.48. The van der Waals surface area contributed by atoms with E-state index < -0.39 is 5.82 Å². The molecule has 1 atom stereocenters. The Bertz CT molecular complexity index is 1160. The van der Waals surface area contributed by atoms with E-state index in [1.165, 1.54) is 18.2 Å². The summed E-state index contributed by atoms with van der Waals surface area (Å²) in [4.78, 5) is 17.3. The number of hydrogen-bond donors (Lipinski definition) is 1. The summed E-state index contributed by atoms with van der Waals surface area (Å²) in [5, 5.41) is 3.80. The number of pyridine rings is 1. The fourth-order valence-electron chi connectivity index (χ4n) is 5.51. The van der Waals surface area contributed by atoms with Crippen LogP contribution >= 0.6 is 11.6 Å². The van der Waals surface area contributed by atoms with Crippen molar-refractivity contribution in [3.63, 3.8) is 0 Å². The number of nitrogens with one attached hydrogen (secondary N) is 1. The van der Waals surface area contributed by atoms with Gasteiger partial charge in [-0.1, -0.05) is 11.6 Å². The molecule has 1 heterocycles. The highest BCUT2D eigenvalue weighted by Gasteiger charge is 2.51. The van der Waals surface area contributed by atoms with Crippen LogP contribution in [0.2, 0.25) is 5.02 Å². The zero-order valence-electron chi connectivity index (χ0n) is 17.0. The fourth-order valence-corrected chi connectivity index (χ4v) is 5.62. The predicted molar refractivity (Wildman–Crippen MR) is 118 cm³/mol. The van der Waals surface area contributed by atoms with Crippen molar-refractivity contribution in [3.8, 4) is 0 Å². The zero-order chi connectivity index (χ0) is 21.6. The molecule has 0 saturated heterocycles.